The summed E-state index contributed by atoms with van der Waals surface area (Å²) in [6.07, 6.45) is -3.93. The highest BCUT2D eigenvalue weighted by Crippen LogP contribution is 2.23. The van der Waals surface area contributed by atoms with Crippen LogP contribution in [0.15, 0.2) is 35.6 Å². The van der Waals surface area contributed by atoms with Crippen molar-refractivity contribution in [1.29, 1.82) is 0 Å². The number of oxime groups is 1. The minimum absolute atomic E-state index is 0.0273. The van der Waals surface area contributed by atoms with Gasteiger partial charge in [-0.05, 0) is 24.3 Å². The predicted molar refractivity (Wildman–Crippen MR) is 96.4 cm³/mol. The molecule has 3 aromatic rings. The second kappa shape index (κ2) is 7.89. The highest BCUT2D eigenvalue weighted by atomic mass is 35.5. The van der Waals surface area contributed by atoms with Gasteiger partial charge in [0.25, 0.3) is 0 Å². The zero-order chi connectivity index (χ0) is 20.3. The van der Waals surface area contributed by atoms with Gasteiger partial charge in [-0.15, -0.1) is 0 Å². The van der Waals surface area contributed by atoms with Crippen LogP contribution in [0.3, 0.4) is 0 Å². The monoisotopic (exact) mass is 416 g/mol. The van der Waals surface area contributed by atoms with Crippen molar-refractivity contribution in [2.45, 2.75) is 12.6 Å². The van der Waals surface area contributed by atoms with Crippen LogP contribution in [0.25, 0.3) is 11.2 Å². The van der Waals surface area contributed by atoms with Gasteiger partial charge in [-0.1, -0.05) is 16.8 Å². The number of fused-ring (bicyclic) bond motifs is 1. The van der Waals surface area contributed by atoms with Gasteiger partial charge in [0.15, 0.2) is 11.5 Å². The molecule has 0 saturated carbocycles. The lowest BCUT2D eigenvalue weighted by Crippen LogP contribution is -2.15. The molecule has 0 aliphatic heterocycles. The lowest BCUT2D eigenvalue weighted by Gasteiger charge is -2.09. The van der Waals surface area contributed by atoms with Crippen LogP contribution in [0, 0.1) is 5.82 Å². The molecule has 3 rings (SSSR count). The number of H-pyrrole nitrogens is 1. The van der Waals surface area contributed by atoms with Gasteiger partial charge in [0, 0.05) is 24.0 Å². The van der Waals surface area contributed by atoms with E-state index in [1.807, 2.05) is 0 Å². The maximum absolute atomic E-state index is 13.3. The number of pyridine rings is 1. The third kappa shape index (κ3) is 4.60. The molecule has 0 atom stereocenters. The van der Waals surface area contributed by atoms with E-state index in [0.717, 1.165) is 6.07 Å². The Labute approximate surface area is 160 Å². The summed E-state index contributed by atoms with van der Waals surface area (Å²) in [6, 6.07) is 5.34. The number of hydrogen-bond acceptors (Lipinski definition) is 5. The van der Waals surface area contributed by atoms with Crippen LogP contribution in [-0.2, 0) is 0 Å². The summed E-state index contributed by atoms with van der Waals surface area (Å²) in [5, 5.41) is 17.8. The minimum Gasteiger partial charge on any atom is -0.409 e. The Morgan fingerprint density at radius 2 is 2.07 bits per heavy atom. The van der Waals surface area contributed by atoms with Gasteiger partial charge in [-0.25, -0.2) is 9.37 Å². The molecule has 28 heavy (non-hydrogen) atoms. The van der Waals surface area contributed by atoms with Gasteiger partial charge in [-0.3, -0.25) is 0 Å². The smallest absolute Gasteiger partial charge is 0.390 e. The minimum atomic E-state index is -4.29. The molecule has 0 spiro atoms. The molecule has 148 valence electrons. The van der Waals surface area contributed by atoms with E-state index >= 15 is 0 Å². The average molecular weight is 417 g/mol. The zero-order valence-corrected chi connectivity index (χ0v) is 14.7. The molecule has 0 saturated heterocycles. The SMILES string of the molecule is O/N=C(\Nc1ccc(F)c(Cl)c1)c1ccnc2nc(NCCC(F)(F)F)[nH]c12. The Kier molecular flexibility index (Phi) is 5.54. The van der Waals surface area contributed by atoms with Crippen molar-refractivity contribution in [1.82, 2.24) is 15.0 Å². The number of nitrogens with one attached hydrogen (secondary N) is 3. The number of hydrogen-bond donors (Lipinski definition) is 4. The Balaban J connectivity index is 1.85. The highest BCUT2D eigenvalue weighted by molar-refractivity contribution is 6.31. The molecule has 0 radical (unpaired) electrons. The second-order valence-electron chi connectivity index (χ2n) is 5.64. The molecular formula is C16H13ClF4N6O. The molecule has 2 aromatic heterocycles. The fourth-order valence-electron chi connectivity index (χ4n) is 2.37. The van der Waals surface area contributed by atoms with E-state index in [9.17, 15) is 22.8 Å². The lowest BCUT2D eigenvalue weighted by molar-refractivity contribution is -0.131. The van der Waals surface area contributed by atoms with Gasteiger partial charge >= 0.3 is 6.18 Å². The van der Waals surface area contributed by atoms with Gasteiger partial charge in [-0.2, -0.15) is 18.2 Å². The molecule has 12 heteroatoms. The van der Waals surface area contributed by atoms with E-state index in [1.54, 1.807) is 0 Å². The van der Waals surface area contributed by atoms with Gasteiger partial charge in [0.05, 0.1) is 17.0 Å². The van der Waals surface area contributed by atoms with Crippen LogP contribution >= 0.6 is 11.6 Å². The summed E-state index contributed by atoms with van der Waals surface area (Å²) in [6.45, 7) is -0.369. The largest absolute Gasteiger partial charge is 0.409 e. The van der Waals surface area contributed by atoms with Gasteiger partial charge < -0.3 is 20.8 Å². The molecule has 7 nitrogen and oxygen atoms in total. The molecule has 0 bridgehead atoms. The Bertz CT molecular complexity index is 1020. The Hall–Kier alpha value is -3.08. The number of rotatable bonds is 5. The lowest BCUT2D eigenvalue weighted by atomic mass is 10.2. The summed E-state index contributed by atoms with van der Waals surface area (Å²) < 4.78 is 50.1. The molecule has 0 aliphatic rings. The number of benzene rings is 1. The van der Waals surface area contributed by atoms with Crippen LogP contribution in [-0.4, -0.2) is 38.7 Å². The molecule has 1 aromatic carbocycles. The number of aromatic nitrogens is 3. The normalized spacial score (nSPS) is 12.4. The fourth-order valence-corrected chi connectivity index (χ4v) is 2.55. The summed E-state index contributed by atoms with van der Waals surface area (Å²) in [7, 11) is 0. The Morgan fingerprint density at radius 3 is 2.75 bits per heavy atom. The van der Waals surface area contributed by atoms with E-state index in [1.165, 1.54) is 24.4 Å². The first-order valence-corrected chi connectivity index (χ1v) is 8.24. The maximum Gasteiger partial charge on any atom is 0.390 e. The quantitative estimate of drug-likeness (QED) is 0.163. The second-order valence-corrected chi connectivity index (χ2v) is 6.04. The number of aromatic amines is 1. The number of nitrogens with zero attached hydrogens (tertiary/aromatic N) is 3. The van der Waals surface area contributed by atoms with Crippen LogP contribution < -0.4 is 10.6 Å². The van der Waals surface area contributed by atoms with E-state index in [2.05, 4.69) is 30.7 Å². The molecule has 0 unspecified atom stereocenters. The van der Waals surface area contributed by atoms with Crippen LogP contribution in [0.2, 0.25) is 5.02 Å². The summed E-state index contributed by atoms with van der Waals surface area (Å²) in [5.74, 6) is -0.550. The van der Waals surface area contributed by atoms with E-state index < -0.39 is 18.4 Å². The third-order valence-electron chi connectivity index (χ3n) is 3.63. The predicted octanol–water partition coefficient (Wildman–Crippen LogP) is 4.36. The van der Waals surface area contributed by atoms with E-state index in [0.29, 0.717) is 16.8 Å². The van der Waals surface area contributed by atoms with Crippen LogP contribution in [0.4, 0.5) is 29.2 Å². The fraction of sp³-hybridized carbons (Fsp3) is 0.188. The van der Waals surface area contributed by atoms with Crippen LogP contribution in [0.1, 0.15) is 12.0 Å². The molecule has 4 N–H and O–H groups in total. The van der Waals surface area contributed by atoms with Crippen molar-refractivity contribution in [3.63, 3.8) is 0 Å². The Morgan fingerprint density at radius 1 is 1.29 bits per heavy atom. The van der Waals surface area contributed by atoms with Gasteiger partial charge in [0.2, 0.25) is 5.95 Å². The summed E-state index contributed by atoms with van der Waals surface area (Å²) >= 11 is 5.73. The molecule has 0 amide bonds. The number of halogens is 5. The third-order valence-corrected chi connectivity index (χ3v) is 3.92. The summed E-state index contributed by atoms with van der Waals surface area (Å²) in [4.78, 5) is 10.9. The number of alkyl halides is 3. The van der Waals surface area contributed by atoms with Crippen molar-refractivity contribution in [2.75, 3.05) is 17.2 Å². The molecular weight excluding hydrogens is 404 g/mol. The van der Waals surface area contributed by atoms with Crippen LogP contribution in [0.5, 0.6) is 0 Å². The first-order valence-electron chi connectivity index (χ1n) is 7.86. The van der Waals surface area contributed by atoms with Crippen molar-refractivity contribution >= 4 is 40.2 Å². The maximum atomic E-state index is 13.3. The summed E-state index contributed by atoms with van der Waals surface area (Å²) in [5.41, 5.74) is 1.22. The van der Waals surface area contributed by atoms with Crippen molar-refractivity contribution in [3.8, 4) is 0 Å². The van der Waals surface area contributed by atoms with Crippen molar-refractivity contribution in [3.05, 3.63) is 46.9 Å². The van der Waals surface area contributed by atoms with E-state index in [-0.39, 0.29) is 29.0 Å². The number of anilines is 2. The van der Waals surface area contributed by atoms with E-state index in [4.69, 9.17) is 11.6 Å². The zero-order valence-electron chi connectivity index (χ0n) is 14.0. The first kappa shape index (κ1) is 19.7. The topological polar surface area (TPSA) is 98.2 Å². The standard InChI is InChI=1S/C16H13ClF4N6O/c17-10-7-8(1-2-11(10)18)24-13(27-28)9-3-5-22-14-12(9)25-15(26-14)23-6-4-16(19,20)21/h1-3,5,7,28H,4,6H2,(H,24,27)(H2,22,23,25,26). The molecule has 0 aliphatic carbocycles. The number of amidine groups is 1. The highest BCUT2D eigenvalue weighted by Gasteiger charge is 2.26. The molecule has 0 fully saturated rings. The average Bonchev–Trinajstić information content (AvgIpc) is 3.04. The number of imidazole rings is 1. The van der Waals surface area contributed by atoms with Crippen molar-refractivity contribution < 1.29 is 22.8 Å². The van der Waals surface area contributed by atoms with Gasteiger partial charge in [0.1, 0.15) is 5.82 Å². The molecule has 2 heterocycles. The van der Waals surface area contributed by atoms with Crippen molar-refractivity contribution in [2.24, 2.45) is 5.16 Å². The first-order chi connectivity index (χ1) is 13.3.